The second kappa shape index (κ2) is 7.12. The van der Waals surface area contributed by atoms with Gasteiger partial charge in [0.15, 0.2) is 0 Å². The van der Waals surface area contributed by atoms with Crippen LogP contribution in [0.3, 0.4) is 0 Å². The standard InChI is InChI=1S/C15H14ClNO2S/c1-19-13-6-8-14(9-7-13)20(18)11-10-12-4-2-3-5-15(12)17-16/h2-11,17H,1H3/b11-10+. The second-order valence-corrected chi connectivity index (χ2v) is 5.48. The Hall–Kier alpha value is -1.78. The number of ether oxygens (including phenoxy) is 1. The van der Waals surface area contributed by atoms with Crippen LogP contribution >= 0.6 is 11.8 Å². The molecule has 2 rings (SSSR count). The second-order valence-electron chi connectivity index (χ2n) is 3.96. The molecule has 0 spiro atoms. The Morgan fingerprint density at radius 1 is 1.15 bits per heavy atom. The van der Waals surface area contributed by atoms with Crippen LogP contribution in [-0.4, -0.2) is 11.3 Å². The lowest BCUT2D eigenvalue weighted by Gasteiger charge is -2.03. The molecule has 0 fully saturated rings. The number of methoxy groups -OCH3 is 1. The van der Waals surface area contributed by atoms with E-state index in [2.05, 4.69) is 4.84 Å². The third-order valence-corrected chi connectivity index (χ3v) is 4.05. The predicted octanol–water partition coefficient (Wildman–Crippen LogP) is 4.04. The summed E-state index contributed by atoms with van der Waals surface area (Å²) < 4.78 is 17.2. The van der Waals surface area contributed by atoms with Crippen molar-refractivity contribution in [1.29, 1.82) is 0 Å². The highest BCUT2D eigenvalue weighted by atomic mass is 35.5. The summed E-state index contributed by atoms with van der Waals surface area (Å²) >= 11 is 5.62. The Morgan fingerprint density at radius 3 is 2.50 bits per heavy atom. The summed E-state index contributed by atoms with van der Waals surface area (Å²) in [7, 11) is 0.388. The number of hydrogen-bond acceptors (Lipinski definition) is 3. The van der Waals surface area contributed by atoms with Crippen LogP contribution in [0.4, 0.5) is 5.69 Å². The molecule has 0 aliphatic rings. The molecule has 0 radical (unpaired) electrons. The fraction of sp³-hybridized carbons (Fsp3) is 0.0667. The molecular weight excluding hydrogens is 294 g/mol. The summed E-state index contributed by atoms with van der Waals surface area (Å²) in [6.07, 6.45) is 1.78. The first-order valence-electron chi connectivity index (χ1n) is 5.93. The van der Waals surface area contributed by atoms with Crippen LogP contribution in [0.25, 0.3) is 6.08 Å². The van der Waals surface area contributed by atoms with Gasteiger partial charge in [-0.05, 0) is 42.0 Å². The molecule has 0 aliphatic carbocycles. The van der Waals surface area contributed by atoms with Gasteiger partial charge in [-0.15, -0.1) is 0 Å². The van der Waals surface area contributed by atoms with Gasteiger partial charge in [-0.3, -0.25) is 4.84 Å². The molecule has 0 aromatic heterocycles. The van der Waals surface area contributed by atoms with Crippen molar-refractivity contribution in [3.05, 3.63) is 59.5 Å². The zero-order chi connectivity index (χ0) is 14.4. The van der Waals surface area contributed by atoms with E-state index in [1.165, 1.54) is 0 Å². The normalized spacial score (nSPS) is 12.3. The Kier molecular flexibility index (Phi) is 5.21. The van der Waals surface area contributed by atoms with Crippen LogP contribution < -0.4 is 9.57 Å². The van der Waals surface area contributed by atoms with Crippen LogP contribution in [0.15, 0.2) is 58.8 Å². The molecule has 20 heavy (non-hydrogen) atoms. The van der Waals surface area contributed by atoms with Crippen molar-refractivity contribution in [3.8, 4) is 5.75 Å². The largest absolute Gasteiger partial charge is 0.497 e. The molecular formula is C15H14ClNO2S. The number of benzene rings is 2. The summed E-state index contributed by atoms with van der Waals surface area (Å²) in [5.41, 5.74) is 1.65. The minimum absolute atomic E-state index is 0.721. The zero-order valence-corrected chi connectivity index (χ0v) is 12.4. The molecule has 1 N–H and O–H groups in total. The molecule has 0 heterocycles. The van der Waals surface area contributed by atoms with Crippen LogP contribution in [0.2, 0.25) is 0 Å². The molecule has 2 aromatic carbocycles. The third-order valence-electron chi connectivity index (χ3n) is 2.73. The number of para-hydroxylation sites is 1. The maximum Gasteiger partial charge on any atom is 0.118 e. The summed E-state index contributed by atoms with van der Waals surface area (Å²) in [5.74, 6) is 0.742. The van der Waals surface area contributed by atoms with E-state index in [1.807, 2.05) is 24.3 Å². The number of rotatable bonds is 5. The van der Waals surface area contributed by atoms with E-state index < -0.39 is 10.8 Å². The molecule has 104 valence electrons. The average Bonchev–Trinajstić information content (AvgIpc) is 2.53. The van der Waals surface area contributed by atoms with Gasteiger partial charge in [0.25, 0.3) is 0 Å². The fourth-order valence-electron chi connectivity index (χ4n) is 1.65. The Morgan fingerprint density at radius 2 is 1.85 bits per heavy atom. The van der Waals surface area contributed by atoms with Gasteiger partial charge in [0.1, 0.15) is 5.75 Å². The first-order chi connectivity index (χ1) is 9.74. The summed E-state index contributed by atoms with van der Waals surface area (Å²) in [6, 6.07) is 14.7. The highest BCUT2D eigenvalue weighted by molar-refractivity contribution is 7.88. The van der Waals surface area contributed by atoms with Crippen molar-refractivity contribution in [1.82, 2.24) is 0 Å². The maximum atomic E-state index is 12.1. The zero-order valence-electron chi connectivity index (χ0n) is 10.9. The minimum Gasteiger partial charge on any atom is -0.497 e. The van der Waals surface area contributed by atoms with E-state index in [0.29, 0.717) is 0 Å². The van der Waals surface area contributed by atoms with Crippen molar-refractivity contribution >= 4 is 34.3 Å². The molecule has 2 aromatic rings. The Labute approximate surface area is 125 Å². The van der Waals surface area contributed by atoms with Crippen molar-refractivity contribution in [2.75, 3.05) is 11.9 Å². The van der Waals surface area contributed by atoms with E-state index in [9.17, 15) is 4.21 Å². The van der Waals surface area contributed by atoms with Crippen molar-refractivity contribution in [3.63, 3.8) is 0 Å². The minimum atomic E-state index is -1.21. The number of nitrogens with one attached hydrogen (secondary N) is 1. The highest BCUT2D eigenvalue weighted by Gasteiger charge is 2.01. The van der Waals surface area contributed by atoms with Gasteiger partial charge in [-0.1, -0.05) is 18.2 Å². The summed E-state index contributed by atoms with van der Waals surface area (Å²) in [6.45, 7) is 0. The molecule has 3 nitrogen and oxygen atoms in total. The van der Waals surface area contributed by atoms with Crippen LogP contribution in [0, 0.1) is 0 Å². The number of hydrogen-bond donors (Lipinski definition) is 1. The number of halogens is 1. The summed E-state index contributed by atoms with van der Waals surface area (Å²) in [4.78, 5) is 3.30. The van der Waals surface area contributed by atoms with Crippen LogP contribution in [-0.2, 0) is 10.8 Å². The lowest BCUT2D eigenvalue weighted by atomic mass is 10.2. The predicted molar refractivity (Wildman–Crippen MR) is 84.4 cm³/mol. The van der Waals surface area contributed by atoms with E-state index >= 15 is 0 Å². The number of anilines is 1. The summed E-state index contributed by atoms with van der Waals surface area (Å²) in [5, 5.41) is 1.63. The fourth-order valence-corrected chi connectivity index (χ4v) is 2.66. The topological polar surface area (TPSA) is 38.3 Å². The van der Waals surface area contributed by atoms with E-state index in [-0.39, 0.29) is 0 Å². The highest BCUT2D eigenvalue weighted by Crippen LogP contribution is 2.19. The Balaban J connectivity index is 2.15. The van der Waals surface area contributed by atoms with Crippen molar-refractivity contribution < 1.29 is 8.95 Å². The Bertz CT molecular complexity index is 626. The molecule has 0 saturated heterocycles. The molecule has 0 saturated carbocycles. The molecule has 1 atom stereocenters. The first kappa shape index (κ1) is 14.6. The first-order valence-corrected chi connectivity index (χ1v) is 7.52. The van der Waals surface area contributed by atoms with Gasteiger partial charge in [0, 0.05) is 22.1 Å². The molecule has 0 bridgehead atoms. The van der Waals surface area contributed by atoms with Crippen LogP contribution in [0.5, 0.6) is 5.75 Å². The molecule has 1 unspecified atom stereocenters. The average molecular weight is 308 g/mol. The molecule has 0 amide bonds. The lowest BCUT2D eigenvalue weighted by molar-refractivity contribution is 0.414. The van der Waals surface area contributed by atoms with Gasteiger partial charge in [0.2, 0.25) is 0 Å². The van der Waals surface area contributed by atoms with Gasteiger partial charge in [-0.2, -0.15) is 0 Å². The van der Waals surface area contributed by atoms with E-state index in [0.717, 1.165) is 21.9 Å². The van der Waals surface area contributed by atoms with Crippen LogP contribution in [0.1, 0.15) is 5.56 Å². The van der Waals surface area contributed by atoms with E-state index in [1.54, 1.807) is 42.9 Å². The quantitative estimate of drug-likeness (QED) is 0.847. The van der Waals surface area contributed by atoms with Gasteiger partial charge in [-0.25, -0.2) is 4.21 Å². The van der Waals surface area contributed by atoms with Gasteiger partial charge < -0.3 is 4.74 Å². The van der Waals surface area contributed by atoms with Crippen molar-refractivity contribution in [2.24, 2.45) is 0 Å². The molecule has 5 heteroatoms. The maximum absolute atomic E-state index is 12.1. The smallest absolute Gasteiger partial charge is 0.118 e. The SMILES string of the molecule is COc1ccc(S(=O)/C=C/c2ccccc2NCl)cc1. The van der Waals surface area contributed by atoms with Gasteiger partial charge in [0.05, 0.1) is 23.6 Å². The monoisotopic (exact) mass is 307 g/mol. The lowest BCUT2D eigenvalue weighted by Crippen LogP contribution is -1.89. The van der Waals surface area contributed by atoms with E-state index in [4.69, 9.17) is 16.5 Å². The molecule has 0 aliphatic heterocycles. The van der Waals surface area contributed by atoms with Crippen molar-refractivity contribution in [2.45, 2.75) is 4.90 Å². The third kappa shape index (κ3) is 3.62. The van der Waals surface area contributed by atoms with Gasteiger partial charge >= 0.3 is 0 Å².